The molecule has 0 spiro atoms. The Morgan fingerprint density at radius 3 is 2.36 bits per heavy atom. The van der Waals surface area contributed by atoms with Gasteiger partial charge in [-0.1, -0.05) is 41.4 Å². The van der Waals surface area contributed by atoms with Crippen LogP contribution < -0.4 is 4.74 Å². The van der Waals surface area contributed by atoms with Gasteiger partial charge in [0.05, 0.1) is 44.7 Å². The maximum Gasteiger partial charge on any atom is 0.222 e. The Bertz CT molecular complexity index is 1640. The van der Waals surface area contributed by atoms with Crippen LogP contribution in [0.15, 0.2) is 54.9 Å². The lowest BCUT2D eigenvalue weighted by molar-refractivity contribution is -0.140. The van der Waals surface area contributed by atoms with E-state index in [1.54, 1.807) is 6.20 Å². The molecule has 4 atom stereocenters. The van der Waals surface area contributed by atoms with Crippen LogP contribution in [0.25, 0.3) is 11.1 Å². The fourth-order valence-corrected chi connectivity index (χ4v) is 6.73. The number of hydrogen-bond donors (Lipinski definition) is 6. The van der Waals surface area contributed by atoms with Gasteiger partial charge in [-0.3, -0.25) is 9.78 Å². The normalized spacial score (nSPS) is 17.2. The van der Waals surface area contributed by atoms with Crippen molar-refractivity contribution in [2.45, 2.75) is 94.1 Å². The smallest absolute Gasteiger partial charge is 0.222 e. The first kappa shape index (κ1) is 41.3. The Balaban J connectivity index is 1.15. The van der Waals surface area contributed by atoms with Crippen molar-refractivity contribution in [2.75, 3.05) is 39.5 Å². The molecule has 0 saturated heterocycles. The number of hydrogen-bond acceptors (Lipinski definition) is 11. The molecule has 2 aliphatic rings. The molecule has 2 aromatic carbocycles. The van der Waals surface area contributed by atoms with Crippen molar-refractivity contribution >= 4 is 29.1 Å². The molecule has 0 bridgehead atoms. The predicted molar refractivity (Wildman–Crippen MR) is 199 cm³/mol. The molecule has 0 unspecified atom stereocenters. The lowest BCUT2D eigenvalue weighted by Gasteiger charge is -2.30. The molecule has 290 valence electrons. The molecule has 12 nitrogen and oxygen atoms in total. The van der Waals surface area contributed by atoms with Crippen LogP contribution in [0.2, 0.25) is 10.0 Å². The molecule has 0 radical (unpaired) electrons. The summed E-state index contributed by atoms with van der Waals surface area (Å²) in [5.41, 5.74) is 4.17. The zero-order valence-electron chi connectivity index (χ0n) is 29.7. The van der Waals surface area contributed by atoms with Gasteiger partial charge in [0.25, 0.3) is 0 Å². The number of amides is 1. The molecule has 2 aliphatic carbocycles. The van der Waals surface area contributed by atoms with Gasteiger partial charge in [-0.15, -0.1) is 0 Å². The first-order chi connectivity index (χ1) is 25.6. The maximum absolute atomic E-state index is 13.1. The third-order valence-electron chi connectivity index (χ3n) is 9.64. The average molecular weight is 778 g/mol. The van der Waals surface area contributed by atoms with E-state index in [-0.39, 0.29) is 57.9 Å². The van der Waals surface area contributed by atoms with Crippen LogP contribution in [0.3, 0.4) is 0 Å². The van der Waals surface area contributed by atoms with Gasteiger partial charge in [0.15, 0.2) is 0 Å². The minimum Gasteiger partial charge on any atom is -0.490 e. The highest BCUT2D eigenvalue weighted by Crippen LogP contribution is 2.53. The van der Waals surface area contributed by atoms with Gasteiger partial charge in [-0.25, -0.2) is 0 Å². The van der Waals surface area contributed by atoms with Crippen LogP contribution in [0.1, 0.15) is 61.6 Å². The minimum absolute atomic E-state index is 0.0672. The number of unbranched alkanes of at least 4 members (excludes halogenated alkanes) is 1. The quantitative estimate of drug-likeness (QED) is 0.0772. The number of pyridine rings is 1. The largest absolute Gasteiger partial charge is 0.490 e. The summed E-state index contributed by atoms with van der Waals surface area (Å²) >= 11 is 13.5. The maximum atomic E-state index is 13.1. The predicted octanol–water partition coefficient (Wildman–Crippen LogP) is 3.79. The molecular weight excluding hydrogens is 727 g/mol. The summed E-state index contributed by atoms with van der Waals surface area (Å²) in [4.78, 5) is 18.9. The first-order valence-corrected chi connectivity index (χ1v) is 18.9. The highest BCUT2D eigenvalue weighted by Gasteiger charge is 2.48. The lowest BCUT2D eigenvalue weighted by Crippen LogP contribution is -2.51. The molecular formula is C39H50Cl2N2O10. The first-order valence-electron chi connectivity index (χ1n) is 18.2. The number of para-hydroxylation sites is 1. The number of carbonyl (C=O) groups excluding carboxylic acids is 1. The number of aromatic nitrogens is 1. The third kappa shape index (κ3) is 11.3. The number of carbonyl (C=O) groups is 1. The van der Waals surface area contributed by atoms with E-state index in [2.05, 4.69) is 11.1 Å². The van der Waals surface area contributed by atoms with Gasteiger partial charge in [0.2, 0.25) is 5.91 Å². The SMILES string of the molecule is O=C(CCCCc1cc(Cl)c(COC2(c3cnccc3-c3ccccc3OC3CC3)CC2)cc1Cl)N(CCOCCO)C[C@H](O)[C@H](O)[C@@H](O)[C@H](O)CO. The Kier molecular flexibility index (Phi) is 15.3. The van der Waals surface area contributed by atoms with Crippen molar-refractivity contribution in [2.24, 2.45) is 0 Å². The van der Waals surface area contributed by atoms with Gasteiger partial charge >= 0.3 is 0 Å². The number of nitrogens with zero attached hydrogens (tertiary/aromatic N) is 2. The van der Waals surface area contributed by atoms with Gasteiger partial charge < -0.3 is 49.7 Å². The number of aliphatic hydroxyl groups is 6. The van der Waals surface area contributed by atoms with Crippen LogP contribution in [0, 0.1) is 0 Å². The fourth-order valence-electron chi connectivity index (χ4n) is 6.21. The molecule has 14 heteroatoms. The van der Waals surface area contributed by atoms with E-state index < -0.39 is 36.6 Å². The van der Waals surface area contributed by atoms with Crippen LogP contribution in [0.5, 0.6) is 5.75 Å². The summed E-state index contributed by atoms with van der Waals surface area (Å²) in [6.07, 6.45) is 2.69. The number of aliphatic hydroxyl groups excluding tert-OH is 6. The molecule has 1 aromatic heterocycles. The van der Waals surface area contributed by atoms with Crippen LogP contribution >= 0.6 is 23.2 Å². The van der Waals surface area contributed by atoms with Crippen molar-refractivity contribution < 1.29 is 49.6 Å². The number of aryl methyl sites for hydroxylation is 1. The minimum atomic E-state index is -1.81. The summed E-state index contributed by atoms with van der Waals surface area (Å²) in [6.45, 7) is -0.869. The second-order valence-corrected chi connectivity index (χ2v) is 14.5. The van der Waals surface area contributed by atoms with Gasteiger partial charge in [-0.05, 0) is 85.9 Å². The van der Waals surface area contributed by atoms with Gasteiger partial charge in [0, 0.05) is 53.1 Å². The molecule has 2 saturated carbocycles. The van der Waals surface area contributed by atoms with Gasteiger partial charge in [0.1, 0.15) is 30.2 Å². The van der Waals surface area contributed by atoms with E-state index in [4.69, 9.17) is 47.6 Å². The number of halogens is 2. The molecule has 3 aromatic rings. The van der Waals surface area contributed by atoms with E-state index in [1.165, 1.54) is 4.90 Å². The van der Waals surface area contributed by atoms with Crippen molar-refractivity contribution in [3.63, 3.8) is 0 Å². The molecule has 6 N–H and O–H groups in total. The molecule has 5 rings (SSSR count). The Labute approximate surface area is 319 Å². The number of rotatable bonds is 23. The van der Waals surface area contributed by atoms with Crippen molar-refractivity contribution in [1.29, 1.82) is 0 Å². The zero-order chi connectivity index (χ0) is 38.0. The van der Waals surface area contributed by atoms with E-state index in [1.807, 2.05) is 42.6 Å². The Morgan fingerprint density at radius 2 is 1.64 bits per heavy atom. The Morgan fingerprint density at radius 1 is 0.925 bits per heavy atom. The van der Waals surface area contributed by atoms with Crippen LogP contribution in [-0.2, 0) is 32.9 Å². The second kappa shape index (κ2) is 19.6. The summed E-state index contributed by atoms with van der Waals surface area (Å²) in [7, 11) is 0. The molecule has 1 amide bonds. The lowest BCUT2D eigenvalue weighted by atomic mass is 9.96. The highest BCUT2D eigenvalue weighted by atomic mass is 35.5. The molecule has 1 heterocycles. The summed E-state index contributed by atoms with van der Waals surface area (Å²) in [5, 5.41) is 59.4. The number of ether oxygens (including phenoxy) is 3. The summed E-state index contributed by atoms with van der Waals surface area (Å²) in [5.74, 6) is 0.544. The monoisotopic (exact) mass is 776 g/mol. The van der Waals surface area contributed by atoms with Crippen molar-refractivity contribution in [3.05, 3.63) is 81.6 Å². The topological polar surface area (TPSA) is 182 Å². The second-order valence-electron chi connectivity index (χ2n) is 13.7. The van der Waals surface area contributed by atoms with E-state index >= 15 is 0 Å². The highest BCUT2D eigenvalue weighted by molar-refractivity contribution is 6.34. The standard InChI is InChI=1S/C39H50Cl2N2O10/c40-31-20-26(24-52-39(12-13-39)30-21-42-14-11-28(30)29-6-2-3-7-35(29)53-27-9-10-27)32(41)19-25(31)5-1-4-8-36(48)43(15-17-51-18-16-44)22-33(46)37(49)38(50)34(47)23-45/h2-3,6-7,11,14,19-21,27,33-34,37-38,44-47,49-50H,1,4-5,8-10,12-13,15-18,22-24H2/t33-,34+,37-,38-/m0/s1. The third-order valence-corrected chi connectivity index (χ3v) is 10.3. The van der Waals surface area contributed by atoms with E-state index in [9.17, 15) is 25.2 Å². The number of benzene rings is 2. The Hall–Kier alpha value is -2.88. The van der Waals surface area contributed by atoms with Crippen molar-refractivity contribution in [1.82, 2.24) is 9.88 Å². The molecule has 0 aliphatic heterocycles. The van der Waals surface area contributed by atoms with E-state index in [0.717, 1.165) is 59.3 Å². The fraction of sp³-hybridized carbons (Fsp3) is 0.538. The van der Waals surface area contributed by atoms with Crippen LogP contribution in [-0.4, -0.2) is 116 Å². The zero-order valence-corrected chi connectivity index (χ0v) is 31.2. The summed E-state index contributed by atoms with van der Waals surface area (Å²) in [6, 6.07) is 13.7. The average Bonchev–Trinajstić information content (AvgIpc) is 4.12. The van der Waals surface area contributed by atoms with E-state index in [0.29, 0.717) is 29.3 Å². The molecule has 2 fully saturated rings. The van der Waals surface area contributed by atoms with Crippen LogP contribution in [0.4, 0.5) is 0 Å². The summed E-state index contributed by atoms with van der Waals surface area (Å²) < 4.78 is 18.1. The van der Waals surface area contributed by atoms with Gasteiger partial charge in [-0.2, -0.15) is 0 Å². The molecule has 53 heavy (non-hydrogen) atoms. The van der Waals surface area contributed by atoms with Crippen molar-refractivity contribution in [3.8, 4) is 16.9 Å².